The molecule has 0 aromatic rings. The molecule has 3 rings (SSSR count). The molecule has 0 spiro atoms. The van der Waals surface area contributed by atoms with Crippen molar-refractivity contribution >= 4 is 0 Å². The van der Waals surface area contributed by atoms with E-state index in [2.05, 4.69) is 27.7 Å². The highest BCUT2D eigenvalue weighted by molar-refractivity contribution is 5.22. The fraction of sp³-hybridized carbons (Fsp3) is 1.00. The van der Waals surface area contributed by atoms with Crippen molar-refractivity contribution in [3.8, 4) is 0 Å². The highest BCUT2D eigenvalue weighted by atomic mass is 16.3. The smallest absolute Gasteiger partial charge is 0.0637 e. The zero-order valence-electron chi connectivity index (χ0n) is 11.5. The van der Waals surface area contributed by atoms with Crippen LogP contribution >= 0.6 is 0 Å². The SMILES string of the molecule is CC1(C)CCCC2(C)C3C1[C@@H](O)C2(C)C[C@H]3O. The molecule has 17 heavy (non-hydrogen) atoms. The van der Waals surface area contributed by atoms with Crippen LogP contribution in [0.1, 0.15) is 53.4 Å². The predicted molar refractivity (Wildman–Crippen MR) is 67.5 cm³/mol. The molecule has 0 aromatic heterocycles. The largest absolute Gasteiger partial charge is 0.393 e. The molecule has 3 aliphatic rings. The molecule has 2 N–H and O–H groups in total. The maximum absolute atomic E-state index is 10.8. The second-order valence-electron chi connectivity index (χ2n) is 7.94. The molecule has 4 bridgehead atoms. The van der Waals surface area contributed by atoms with Crippen LogP contribution in [-0.2, 0) is 0 Å². The summed E-state index contributed by atoms with van der Waals surface area (Å²) in [7, 11) is 0. The molecule has 0 radical (unpaired) electrons. The van der Waals surface area contributed by atoms with Gasteiger partial charge in [-0.15, -0.1) is 0 Å². The lowest BCUT2D eigenvalue weighted by molar-refractivity contribution is -0.0850. The van der Waals surface area contributed by atoms with Gasteiger partial charge in [0.1, 0.15) is 0 Å². The fourth-order valence-corrected chi connectivity index (χ4v) is 5.73. The first-order valence-electron chi connectivity index (χ1n) is 7.10. The lowest BCUT2D eigenvalue weighted by Gasteiger charge is -2.45. The minimum absolute atomic E-state index is 0.0700. The van der Waals surface area contributed by atoms with E-state index in [1.165, 1.54) is 19.3 Å². The lowest BCUT2D eigenvalue weighted by atomic mass is 9.63. The summed E-state index contributed by atoms with van der Waals surface area (Å²) in [5.41, 5.74) is 0.241. The Labute approximate surface area is 104 Å². The van der Waals surface area contributed by atoms with Crippen LogP contribution < -0.4 is 0 Å². The van der Waals surface area contributed by atoms with Gasteiger partial charge in [-0.25, -0.2) is 0 Å². The van der Waals surface area contributed by atoms with Gasteiger partial charge in [0.25, 0.3) is 0 Å². The van der Waals surface area contributed by atoms with Crippen LogP contribution in [0.5, 0.6) is 0 Å². The number of aliphatic hydroxyl groups is 2. The van der Waals surface area contributed by atoms with Crippen LogP contribution in [0.4, 0.5) is 0 Å². The monoisotopic (exact) mass is 238 g/mol. The summed E-state index contributed by atoms with van der Waals surface area (Å²) < 4.78 is 0. The van der Waals surface area contributed by atoms with Crippen LogP contribution in [0, 0.1) is 28.1 Å². The highest BCUT2D eigenvalue weighted by Crippen LogP contribution is 2.73. The molecule has 0 saturated heterocycles. The maximum atomic E-state index is 10.8. The van der Waals surface area contributed by atoms with Gasteiger partial charge in [-0.2, -0.15) is 0 Å². The second-order valence-corrected chi connectivity index (χ2v) is 7.94. The fourth-order valence-electron chi connectivity index (χ4n) is 5.73. The highest BCUT2D eigenvalue weighted by Gasteiger charge is 2.73. The van der Waals surface area contributed by atoms with Gasteiger partial charge in [0.15, 0.2) is 0 Å². The van der Waals surface area contributed by atoms with Crippen molar-refractivity contribution in [2.75, 3.05) is 0 Å². The molecule has 2 heteroatoms. The Morgan fingerprint density at radius 2 is 1.53 bits per heavy atom. The molecule has 0 aromatic carbocycles. The molecule has 2 nitrogen and oxygen atoms in total. The van der Waals surface area contributed by atoms with E-state index in [4.69, 9.17) is 0 Å². The Morgan fingerprint density at radius 3 is 2.18 bits per heavy atom. The molecule has 3 fully saturated rings. The summed E-state index contributed by atoms with van der Waals surface area (Å²) >= 11 is 0. The first-order valence-corrected chi connectivity index (χ1v) is 7.10. The first-order chi connectivity index (χ1) is 7.74. The Kier molecular flexibility index (Phi) is 2.17. The molecule has 3 saturated carbocycles. The first kappa shape index (κ1) is 12.0. The van der Waals surface area contributed by atoms with E-state index in [-0.39, 0.29) is 34.4 Å². The van der Waals surface area contributed by atoms with E-state index in [9.17, 15) is 10.2 Å². The lowest BCUT2D eigenvalue weighted by Crippen LogP contribution is -2.46. The van der Waals surface area contributed by atoms with Gasteiger partial charge in [0.05, 0.1) is 12.2 Å². The van der Waals surface area contributed by atoms with Crippen LogP contribution in [0.25, 0.3) is 0 Å². The summed E-state index contributed by atoms with van der Waals surface area (Å²) in [5.74, 6) is 0.587. The van der Waals surface area contributed by atoms with E-state index >= 15 is 0 Å². The second kappa shape index (κ2) is 3.08. The standard InChI is InChI=1S/C15H26O2/c1-13(2)6-5-7-14(3)10-9(16)8-15(14,4)12(17)11(10)13/h9-12,16-17H,5-8H2,1-4H3/t9-,10?,11?,12-,14?,15?/m1/s1. The quantitative estimate of drug-likeness (QED) is 0.681. The van der Waals surface area contributed by atoms with Crippen LogP contribution in [0.2, 0.25) is 0 Å². The van der Waals surface area contributed by atoms with Crippen LogP contribution in [0.15, 0.2) is 0 Å². The van der Waals surface area contributed by atoms with Crippen molar-refractivity contribution in [2.45, 2.75) is 65.6 Å². The molecule has 4 unspecified atom stereocenters. The number of aliphatic hydroxyl groups excluding tert-OH is 2. The zero-order chi connectivity index (χ0) is 12.6. The van der Waals surface area contributed by atoms with E-state index in [1.807, 2.05) is 0 Å². The summed E-state index contributed by atoms with van der Waals surface area (Å²) in [5, 5.41) is 21.2. The van der Waals surface area contributed by atoms with Crippen molar-refractivity contribution in [3.05, 3.63) is 0 Å². The van der Waals surface area contributed by atoms with Gasteiger partial charge in [-0.05, 0) is 41.9 Å². The van der Waals surface area contributed by atoms with Gasteiger partial charge in [-0.1, -0.05) is 34.1 Å². The number of hydrogen-bond acceptors (Lipinski definition) is 2. The summed E-state index contributed by atoms with van der Waals surface area (Å²) in [4.78, 5) is 0. The minimum Gasteiger partial charge on any atom is -0.393 e. The minimum atomic E-state index is -0.226. The number of hydrogen-bond donors (Lipinski definition) is 2. The zero-order valence-corrected chi connectivity index (χ0v) is 11.5. The Morgan fingerprint density at radius 1 is 0.882 bits per heavy atom. The van der Waals surface area contributed by atoms with Crippen molar-refractivity contribution in [1.29, 1.82) is 0 Å². The average Bonchev–Trinajstić information content (AvgIpc) is 2.44. The van der Waals surface area contributed by atoms with Gasteiger partial charge in [0.2, 0.25) is 0 Å². The van der Waals surface area contributed by atoms with E-state index in [0.29, 0.717) is 5.92 Å². The van der Waals surface area contributed by atoms with E-state index < -0.39 is 0 Å². The van der Waals surface area contributed by atoms with Crippen molar-refractivity contribution in [1.82, 2.24) is 0 Å². The maximum Gasteiger partial charge on any atom is 0.0637 e. The van der Waals surface area contributed by atoms with Crippen molar-refractivity contribution in [3.63, 3.8) is 0 Å². The van der Waals surface area contributed by atoms with Gasteiger partial charge in [0, 0.05) is 5.41 Å². The van der Waals surface area contributed by atoms with Gasteiger partial charge in [-0.3, -0.25) is 0 Å². The van der Waals surface area contributed by atoms with Crippen LogP contribution in [-0.4, -0.2) is 22.4 Å². The molecular weight excluding hydrogens is 212 g/mol. The molecule has 98 valence electrons. The summed E-state index contributed by atoms with van der Waals surface area (Å²) in [6.07, 6.45) is 3.96. The predicted octanol–water partition coefficient (Wildman–Crippen LogP) is 2.58. The topological polar surface area (TPSA) is 40.5 Å². The van der Waals surface area contributed by atoms with Crippen LogP contribution in [0.3, 0.4) is 0 Å². The van der Waals surface area contributed by atoms with Gasteiger partial charge >= 0.3 is 0 Å². The van der Waals surface area contributed by atoms with Crippen molar-refractivity contribution < 1.29 is 10.2 Å². The summed E-state index contributed by atoms with van der Waals surface area (Å²) in [6.45, 7) is 9.09. The third-order valence-electron chi connectivity index (χ3n) is 6.89. The molecule has 0 aliphatic heterocycles. The molecule has 3 aliphatic carbocycles. The molecule has 0 amide bonds. The third-order valence-corrected chi connectivity index (χ3v) is 6.89. The van der Waals surface area contributed by atoms with Crippen molar-refractivity contribution in [2.24, 2.45) is 28.1 Å². The average molecular weight is 238 g/mol. The Bertz CT molecular complexity index is 351. The van der Waals surface area contributed by atoms with Gasteiger partial charge < -0.3 is 10.2 Å². The Hall–Kier alpha value is -0.0800. The molecule has 6 atom stereocenters. The molecular formula is C15H26O2. The van der Waals surface area contributed by atoms with E-state index in [1.54, 1.807) is 0 Å². The van der Waals surface area contributed by atoms with E-state index in [0.717, 1.165) is 6.42 Å². The normalized spacial score (nSPS) is 60.4. The third kappa shape index (κ3) is 1.14. The molecule has 0 heterocycles. The summed E-state index contributed by atoms with van der Waals surface area (Å²) in [6, 6.07) is 0. The number of rotatable bonds is 0. The Balaban J connectivity index is 2.15.